The molecule has 0 atom stereocenters. The number of nitrogens with zero attached hydrogens (tertiary/aromatic N) is 1. The van der Waals surface area contributed by atoms with E-state index < -0.39 is 15.9 Å². The summed E-state index contributed by atoms with van der Waals surface area (Å²) in [5.74, 6) is 0.394. The SMILES string of the molecule is CCOc1ccc(/C=C(/C#N)C(=O)Nc2ccc(S(N)(=O)=O)cc2)cc1OC. The average molecular weight is 401 g/mol. The maximum absolute atomic E-state index is 12.4. The molecule has 0 saturated carbocycles. The summed E-state index contributed by atoms with van der Waals surface area (Å²) in [4.78, 5) is 12.3. The van der Waals surface area contributed by atoms with Gasteiger partial charge < -0.3 is 14.8 Å². The number of carbonyl (C=O) groups is 1. The number of sulfonamides is 1. The monoisotopic (exact) mass is 401 g/mol. The first-order chi connectivity index (χ1) is 13.3. The van der Waals surface area contributed by atoms with Crippen LogP contribution in [-0.2, 0) is 14.8 Å². The Morgan fingerprint density at radius 1 is 1.21 bits per heavy atom. The molecule has 9 heteroatoms. The Bertz CT molecular complexity index is 1040. The van der Waals surface area contributed by atoms with E-state index in [9.17, 15) is 18.5 Å². The number of rotatable bonds is 7. The standard InChI is InChI=1S/C19H19N3O5S/c1-3-27-17-9-4-13(11-18(17)26-2)10-14(12-20)19(23)22-15-5-7-16(8-6-15)28(21,24)25/h4-11H,3H2,1-2H3,(H,22,23)(H2,21,24,25)/b14-10-. The van der Waals surface area contributed by atoms with E-state index in [0.29, 0.717) is 29.4 Å². The molecule has 28 heavy (non-hydrogen) atoms. The van der Waals surface area contributed by atoms with Crippen molar-refractivity contribution in [2.45, 2.75) is 11.8 Å². The van der Waals surface area contributed by atoms with Crippen LogP contribution in [0.5, 0.6) is 11.5 Å². The zero-order valence-electron chi connectivity index (χ0n) is 15.3. The van der Waals surface area contributed by atoms with Crippen molar-refractivity contribution in [2.24, 2.45) is 5.14 Å². The van der Waals surface area contributed by atoms with E-state index in [1.165, 1.54) is 37.5 Å². The molecule has 3 N–H and O–H groups in total. The summed E-state index contributed by atoms with van der Waals surface area (Å²) in [6.07, 6.45) is 1.41. The molecular formula is C19H19N3O5S. The van der Waals surface area contributed by atoms with E-state index in [1.807, 2.05) is 13.0 Å². The third-order valence-corrected chi connectivity index (χ3v) is 4.53. The molecule has 2 aromatic carbocycles. The molecule has 0 spiro atoms. The largest absolute Gasteiger partial charge is 0.493 e. The molecular weight excluding hydrogens is 382 g/mol. The minimum Gasteiger partial charge on any atom is -0.493 e. The van der Waals surface area contributed by atoms with Gasteiger partial charge in [0.1, 0.15) is 11.6 Å². The highest BCUT2D eigenvalue weighted by molar-refractivity contribution is 7.89. The van der Waals surface area contributed by atoms with Crippen molar-refractivity contribution in [3.05, 3.63) is 53.6 Å². The molecule has 0 fully saturated rings. The van der Waals surface area contributed by atoms with Gasteiger partial charge in [0.05, 0.1) is 18.6 Å². The molecule has 0 unspecified atom stereocenters. The van der Waals surface area contributed by atoms with Crippen molar-refractivity contribution in [3.63, 3.8) is 0 Å². The fourth-order valence-electron chi connectivity index (χ4n) is 2.29. The maximum Gasteiger partial charge on any atom is 0.266 e. The van der Waals surface area contributed by atoms with Crippen LogP contribution in [0.25, 0.3) is 6.08 Å². The lowest BCUT2D eigenvalue weighted by atomic mass is 10.1. The Kier molecular flexibility index (Phi) is 6.76. The van der Waals surface area contributed by atoms with Gasteiger partial charge in [0.25, 0.3) is 5.91 Å². The highest BCUT2D eigenvalue weighted by Gasteiger charge is 2.12. The van der Waals surface area contributed by atoms with E-state index in [4.69, 9.17) is 14.6 Å². The van der Waals surface area contributed by atoms with Gasteiger partial charge in [-0.3, -0.25) is 4.79 Å². The number of anilines is 1. The number of ether oxygens (including phenoxy) is 2. The fraction of sp³-hybridized carbons (Fsp3) is 0.158. The van der Waals surface area contributed by atoms with Crippen LogP contribution in [0.15, 0.2) is 52.9 Å². The lowest BCUT2D eigenvalue weighted by Crippen LogP contribution is -2.14. The summed E-state index contributed by atoms with van der Waals surface area (Å²) in [5, 5.41) is 16.9. The number of hydrogen-bond acceptors (Lipinski definition) is 6. The van der Waals surface area contributed by atoms with Gasteiger partial charge >= 0.3 is 0 Å². The number of nitriles is 1. The lowest BCUT2D eigenvalue weighted by molar-refractivity contribution is -0.112. The zero-order valence-corrected chi connectivity index (χ0v) is 16.1. The van der Waals surface area contributed by atoms with Crippen LogP contribution >= 0.6 is 0 Å². The van der Waals surface area contributed by atoms with E-state index in [2.05, 4.69) is 5.32 Å². The van der Waals surface area contributed by atoms with Gasteiger partial charge in [-0.1, -0.05) is 6.07 Å². The number of benzene rings is 2. The number of hydrogen-bond donors (Lipinski definition) is 2. The average Bonchev–Trinajstić information content (AvgIpc) is 2.66. The van der Waals surface area contributed by atoms with Crippen LogP contribution < -0.4 is 19.9 Å². The van der Waals surface area contributed by atoms with Gasteiger partial charge in [0.15, 0.2) is 11.5 Å². The van der Waals surface area contributed by atoms with E-state index in [1.54, 1.807) is 18.2 Å². The minimum absolute atomic E-state index is 0.0805. The molecule has 0 saturated heterocycles. The van der Waals surface area contributed by atoms with Crippen molar-refractivity contribution in [2.75, 3.05) is 19.0 Å². The molecule has 0 aliphatic heterocycles. The molecule has 0 radical (unpaired) electrons. The Labute approximate surface area is 163 Å². The first kappa shape index (κ1) is 21.0. The number of nitrogens with one attached hydrogen (secondary N) is 1. The van der Waals surface area contributed by atoms with Gasteiger partial charge in [-0.2, -0.15) is 5.26 Å². The van der Waals surface area contributed by atoms with Gasteiger partial charge in [0.2, 0.25) is 10.0 Å². The van der Waals surface area contributed by atoms with Crippen molar-refractivity contribution in [1.82, 2.24) is 0 Å². The summed E-state index contributed by atoms with van der Waals surface area (Å²) < 4.78 is 33.2. The number of amides is 1. The molecule has 0 aromatic heterocycles. The molecule has 0 heterocycles. The second kappa shape index (κ2) is 9.03. The quantitative estimate of drug-likeness (QED) is 0.540. The molecule has 0 aliphatic rings. The van der Waals surface area contributed by atoms with Crippen molar-refractivity contribution in [1.29, 1.82) is 5.26 Å². The Hall–Kier alpha value is -3.35. The second-order valence-corrected chi connectivity index (χ2v) is 7.10. The molecule has 0 aliphatic carbocycles. The van der Waals surface area contributed by atoms with Gasteiger partial charge in [-0.25, -0.2) is 13.6 Å². The maximum atomic E-state index is 12.4. The lowest BCUT2D eigenvalue weighted by Gasteiger charge is -2.10. The van der Waals surface area contributed by atoms with E-state index in [0.717, 1.165) is 0 Å². The van der Waals surface area contributed by atoms with Crippen LogP contribution in [0, 0.1) is 11.3 Å². The van der Waals surface area contributed by atoms with Gasteiger partial charge in [-0.15, -0.1) is 0 Å². The predicted octanol–water partition coefficient (Wildman–Crippen LogP) is 2.29. The van der Waals surface area contributed by atoms with E-state index in [-0.39, 0.29) is 10.5 Å². The summed E-state index contributed by atoms with van der Waals surface area (Å²) in [6.45, 7) is 2.32. The third kappa shape index (κ3) is 5.33. The fourth-order valence-corrected chi connectivity index (χ4v) is 2.81. The highest BCUT2D eigenvalue weighted by Crippen LogP contribution is 2.29. The third-order valence-electron chi connectivity index (χ3n) is 3.60. The van der Waals surface area contributed by atoms with E-state index >= 15 is 0 Å². The second-order valence-electron chi connectivity index (χ2n) is 5.54. The smallest absolute Gasteiger partial charge is 0.266 e. The molecule has 8 nitrogen and oxygen atoms in total. The highest BCUT2D eigenvalue weighted by atomic mass is 32.2. The van der Waals surface area contributed by atoms with Crippen molar-refractivity contribution >= 4 is 27.7 Å². The van der Waals surface area contributed by atoms with Crippen LogP contribution in [0.4, 0.5) is 5.69 Å². The van der Waals surface area contributed by atoms with Crippen LogP contribution in [0.3, 0.4) is 0 Å². The van der Waals surface area contributed by atoms with Crippen LogP contribution in [0.1, 0.15) is 12.5 Å². The number of methoxy groups -OCH3 is 1. The predicted molar refractivity (Wildman–Crippen MR) is 104 cm³/mol. The van der Waals surface area contributed by atoms with Crippen LogP contribution in [-0.4, -0.2) is 28.0 Å². The summed E-state index contributed by atoms with van der Waals surface area (Å²) >= 11 is 0. The summed E-state index contributed by atoms with van der Waals surface area (Å²) in [5.41, 5.74) is 0.765. The summed E-state index contributed by atoms with van der Waals surface area (Å²) in [6, 6.07) is 12.2. The van der Waals surface area contributed by atoms with Crippen molar-refractivity contribution < 1.29 is 22.7 Å². The molecule has 1 amide bonds. The Morgan fingerprint density at radius 3 is 2.43 bits per heavy atom. The zero-order chi connectivity index (χ0) is 20.7. The first-order valence-corrected chi connectivity index (χ1v) is 9.70. The van der Waals surface area contributed by atoms with Crippen LogP contribution in [0.2, 0.25) is 0 Å². The molecule has 0 bridgehead atoms. The summed E-state index contributed by atoms with van der Waals surface area (Å²) in [7, 11) is -2.33. The topological polar surface area (TPSA) is 132 Å². The first-order valence-electron chi connectivity index (χ1n) is 8.15. The number of primary sulfonamides is 1. The number of carbonyl (C=O) groups excluding carboxylic acids is 1. The Balaban J connectivity index is 2.22. The van der Waals surface area contributed by atoms with Crippen molar-refractivity contribution in [3.8, 4) is 17.6 Å². The van der Waals surface area contributed by atoms with Gasteiger partial charge in [-0.05, 0) is 55.0 Å². The molecule has 2 rings (SSSR count). The Morgan fingerprint density at radius 2 is 1.89 bits per heavy atom. The normalized spacial score (nSPS) is 11.4. The minimum atomic E-state index is -3.82. The molecule has 146 valence electrons. The molecule has 2 aromatic rings. The van der Waals surface area contributed by atoms with Gasteiger partial charge in [0, 0.05) is 5.69 Å². The number of nitrogens with two attached hydrogens (primary N) is 1.